The number of benzene rings is 1. The number of hydrogen-bond acceptors (Lipinski definition) is 4. The Balaban J connectivity index is 0.00000180. The van der Waals surface area contributed by atoms with E-state index >= 15 is 0 Å². The lowest BCUT2D eigenvalue weighted by atomic mass is 10.1. The molecule has 0 saturated carbocycles. The van der Waals surface area contributed by atoms with Crippen molar-refractivity contribution in [2.45, 2.75) is 19.4 Å². The van der Waals surface area contributed by atoms with Gasteiger partial charge in [-0.2, -0.15) is 0 Å². The number of nitrogens with zero attached hydrogens (tertiary/aromatic N) is 2. The summed E-state index contributed by atoms with van der Waals surface area (Å²) in [7, 11) is 0. The minimum Gasteiger partial charge on any atom is -0.337 e. The van der Waals surface area contributed by atoms with Crippen LogP contribution in [0.2, 0.25) is 0 Å². The molecule has 0 spiro atoms. The van der Waals surface area contributed by atoms with Crippen LogP contribution in [-0.4, -0.2) is 34.9 Å². The Kier molecular flexibility index (Phi) is 4.85. The second-order valence-corrected chi connectivity index (χ2v) is 4.56. The van der Waals surface area contributed by atoms with Gasteiger partial charge in [0.15, 0.2) is 0 Å². The zero-order valence-electron chi connectivity index (χ0n) is 10.5. The lowest BCUT2D eigenvalue weighted by Crippen LogP contribution is -2.32. The third kappa shape index (κ3) is 3.21. The van der Waals surface area contributed by atoms with E-state index in [9.17, 15) is 14.9 Å². The summed E-state index contributed by atoms with van der Waals surface area (Å²) in [4.78, 5) is 24.1. The van der Waals surface area contributed by atoms with Crippen molar-refractivity contribution in [1.82, 2.24) is 4.90 Å². The maximum Gasteiger partial charge on any atom is 0.269 e. The number of nitrogens with two attached hydrogens (primary N) is 1. The van der Waals surface area contributed by atoms with Crippen LogP contribution in [0.25, 0.3) is 0 Å². The van der Waals surface area contributed by atoms with E-state index in [-0.39, 0.29) is 30.0 Å². The van der Waals surface area contributed by atoms with E-state index in [1.165, 1.54) is 18.2 Å². The van der Waals surface area contributed by atoms with Gasteiger partial charge in [-0.15, -0.1) is 12.4 Å². The van der Waals surface area contributed by atoms with Crippen LogP contribution in [-0.2, 0) is 0 Å². The first-order valence-electron chi connectivity index (χ1n) is 5.79. The number of halogens is 1. The van der Waals surface area contributed by atoms with Gasteiger partial charge in [0, 0.05) is 36.8 Å². The molecule has 0 aromatic heterocycles. The van der Waals surface area contributed by atoms with Gasteiger partial charge < -0.3 is 10.6 Å². The standard InChI is InChI=1S/C12H15N3O3.ClH/c1-8-6-10(15(17)18)2-3-11(8)12(16)14-5-4-9(13)7-14;/h2-3,6,9H,4-5,7,13H2,1H3;1H/t9-;/m0./s1. The zero-order valence-corrected chi connectivity index (χ0v) is 11.4. The van der Waals surface area contributed by atoms with Crippen LogP contribution in [0.4, 0.5) is 5.69 Å². The number of carbonyl (C=O) groups is 1. The van der Waals surface area contributed by atoms with Gasteiger partial charge in [0.05, 0.1) is 4.92 Å². The molecule has 0 radical (unpaired) electrons. The van der Waals surface area contributed by atoms with Crippen LogP contribution in [0.15, 0.2) is 18.2 Å². The van der Waals surface area contributed by atoms with Gasteiger partial charge in [-0.25, -0.2) is 0 Å². The minimum absolute atomic E-state index is 0. The second kappa shape index (κ2) is 5.99. The Labute approximate surface area is 117 Å². The van der Waals surface area contributed by atoms with Crippen LogP contribution < -0.4 is 5.73 Å². The SMILES string of the molecule is Cc1cc([N+](=O)[O-])ccc1C(=O)N1CC[C@H](N)C1.Cl. The molecule has 0 unspecified atom stereocenters. The van der Waals surface area contributed by atoms with E-state index < -0.39 is 4.92 Å². The van der Waals surface area contributed by atoms with Gasteiger partial charge in [-0.3, -0.25) is 14.9 Å². The Morgan fingerprint density at radius 3 is 2.68 bits per heavy atom. The highest BCUT2D eigenvalue weighted by Crippen LogP contribution is 2.20. The molecule has 1 atom stereocenters. The van der Waals surface area contributed by atoms with E-state index in [4.69, 9.17) is 5.73 Å². The molecule has 1 saturated heterocycles. The quantitative estimate of drug-likeness (QED) is 0.658. The number of hydrogen-bond donors (Lipinski definition) is 1. The molecule has 1 aliphatic heterocycles. The fraction of sp³-hybridized carbons (Fsp3) is 0.417. The molecule has 0 aliphatic carbocycles. The summed E-state index contributed by atoms with van der Waals surface area (Å²) in [6.45, 7) is 2.90. The molecule has 104 valence electrons. The second-order valence-electron chi connectivity index (χ2n) is 4.56. The molecule has 1 fully saturated rings. The van der Waals surface area contributed by atoms with Crippen LogP contribution in [0.5, 0.6) is 0 Å². The van der Waals surface area contributed by atoms with E-state index in [0.717, 1.165) is 6.42 Å². The third-order valence-corrected chi connectivity index (χ3v) is 3.16. The molecule has 1 aromatic rings. The molecule has 2 N–H and O–H groups in total. The van der Waals surface area contributed by atoms with Crippen molar-refractivity contribution in [2.75, 3.05) is 13.1 Å². The molecular weight excluding hydrogens is 270 g/mol. The third-order valence-electron chi connectivity index (χ3n) is 3.16. The predicted octanol–water partition coefficient (Wildman–Crippen LogP) is 1.50. The van der Waals surface area contributed by atoms with E-state index in [0.29, 0.717) is 24.2 Å². The Hall–Kier alpha value is -1.66. The number of rotatable bonds is 2. The van der Waals surface area contributed by atoms with Crippen LogP contribution in [0.3, 0.4) is 0 Å². The highest BCUT2D eigenvalue weighted by Gasteiger charge is 2.25. The molecule has 19 heavy (non-hydrogen) atoms. The summed E-state index contributed by atoms with van der Waals surface area (Å²) < 4.78 is 0. The molecule has 6 nitrogen and oxygen atoms in total. The van der Waals surface area contributed by atoms with Crippen LogP contribution in [0.1, 0.15) is 22.3 Å². The number of carbonyl (C=O) groups excluding carboxylic acids is 1. The molecule has 1 heterocycles. The van der Waals surface area contributed by atoms with Crippen LogP contribution >= 0.6 is 12.4 Å². The average molecular weight is 286 g/mol. The Morgan fingerprint density at radius 1 is 1.53 bits per heavy atom. The summed E-state index contributed by atoms with van der Waals surface area (Å²) in [5, 5.41) is 10.6. The number of amides is 1. The maximum absolute atomic E-state index is 12.2. The maximum atomic E-state index is 12.2. The molecule has 2 rings (SSSR count). The monoisotopic (exact) mass is 285 g/mol. The van der Waals surface area contributed by atoms with Gasteiger partial charge >= 0.3 is 0 Å². The lowest BCUT2D eigenvalue weighted by Gasteiger charge is -2.16. The first-order chi connectivity index (χ1) is 8.49. The summed E-state index contributed by atoms with van der Waals surface area (Å²) in [6.07, 6.45) is 0.803. The van der Waals surface area contributed by atoms with Crippen molar-refractivity contribution in [3.8, 4) is 0 Å². The van der Waals surface area contributed by atoms with E-state index in [1.807, 2.05) is 0 Å². The summed E-state index contributed by atoms with van der Waals surface area (Å²) in [6, 6.07) is 4.33. The number of likely N-dealkylation sites (tertiary alicyclic amines) is 1. The van der Waals surface area contributed by atoms with Gasteiger partial charge in [0.2, 0.25) is 0 Å². The summed E-state index contributed by atoms with van der Waals surface area (Å²) in [5.41, 5.74) is 6.89. The van der Waals surface area contributed by atoms with Gasteiger partial charge in [0.1, 0.15) is 0 Å². The van der Waals surface area contributed by atoms with Crippen molar-refractivity contribution >= 4 is 24.0 Å². The summed E-state index contributed by atoms with van der Waals surface area (Å²) >= 11 is 0. The molecule has 1 amide bonds. The lowest BCUT2D eigenvalue weighted by molar-refractivity contribution is -0.384. The number of non-ortho nitro benzene ring substituents is 1. The van der Waals surface area contributed by atoms with Gasteiger partial charge in [0.25, 0.3) is 11.6 Å². The predicted molar refractivity (Wildman–Crippen MR) is 73.6 cm³/mol. The summed E-state index contributed by atoms with van der Waals surface area (Å²) in [5.74, 6) is -0.102. The minimum atomic E-state index is -0.465. The Bertz CT molecular complexity index is 507. The smallest absolute Gasteiger partial charge is 0.269 e. The van der Waals surface area contributed by atoms with Crippen LogP contribution in [0, 0.1) is 17.0 Å². The highest BCUT2D eigenvalue weighted by atomic mass is 35.5. The number of nitro benzene ring substituents is 1. The molecule has 1 aliphatic rings. The van der Waals surface area contributed by atoms with Crippen molar-refractivity contribution < 1.29 is 9.72 Å². The normalized spacial score (nSPS) is 18.0. The van der Waals surface area contributed by atoms with Crippen molar-refractivity contribution in [3.05, 3.63) is 39.4 Å². The highest BCUT2D eigenvalue weighted by molar-refractivity contribution is 5.96. The molecule has 7 heteroatoms. The van der Waals surface area contributed by atoms with E-state index in [2.05, 4.69) is 0 Å². The Morgan fingerprint density at radius 2 is 2.21 bits per heavy atom. The molecule has 0 bridgehead atoms. The average Bonchev–Trinajstić information content (AvgIpc) is 2.74. The molecular formula is C12H16ClN3O3. The van der Waals surface area contributed by atoms with E-state index in [1.54, 1.807) is 11.8 Å². The zero-order chi connectivity index (χ0) is 13.3. The fourth-order valence-corrected chi connectivity index (χ4v) is 2.14. The molecule has 1 aromatic carbocycles. The fourth-order valence-electron chi connectivity index (χ4n) is 2.14. The van der Waals surface area contributed by atoms with Crippen molar-refractivity contribution in [3.63, 3.8) is 0 Å². The largest absolute Gasteiger partial charge is 0.337 e. The number of aryl methyl sites for hydroxylation is 1. The topological polar surface area (TPSA) is 89.5 Å². The number of nitro groups is 1. The van der Waals surface area contributed by atoms with Gasteiger partial charge in [-0.05, 0) is 25.0 Å². The first kappa shape index (κ1) is 15.4. The van der Waals surface area contributed by atoms with Crippen molar-refractivity contribution in [2.24, 2.45) is 5.73 Å². The van der Waals surface area contributed by atoms with Gasteiger partial charge in [-0.1, -0.05) is 0 Å². The first-order valence-corrected chi connectivity index (χ1v) is 5.79. The van der Waals surface area contributed by atoms with Crippen molar-refractivity contribution in [1.29, 1.82) is 0 Å².